The highest BCUT2D eigenvalue weighted by Crippen LogP contribution is 2.46. The minimum absolute atomic E-state index is 0.0435. The Hall–Kier alpha value is -2.15. The number of carbonyl (C=O) groups excluding carboxylic acids is 1. The van der Waals surface area contributed by atoms with Gasteiger partial charge in [-0.25, -0.2) is 0 Å². The summed E-state index contributed by atoms with van der Waals surface area (Å²) < 4.78 is 11.5. The van der Waals surface area contributed by atoms with Crippen LogP contribution in [0.5, 0.6) is 5.75 Å². The van der Waals surface area contributed by atoms with E-state index in [1.807, 2.05) is 54.6 Å². The molecule has 0 aliphatic carbocycles. The summed E-state index contributed by atoms with van der Waals surface area (Å²) in [7, 11) is -0.392. The Kier molecular flexibility index (Phi) is 6.41. The molecule has 1 aliphatic heterocycles. The number of anilines is 1. The molecule has 6 heteroatoms. The van der Waals surface area contributed by atoms with E-state index in [2.05, 4.69) is 33.9 Å². The second kappa shape index (κ2) is 8.53. The monoisotopic (exact) mass is 427 g/mol. The average molecular weight is 428 g/mol. The fraction of sp³-hybridized carbons (Fsp3) is 0.458. The third kappa shape index (κ3) is 4.31. The zero-order valence-corrected chi connectivity index (χ0v) is 19.8. The van der Waals surface area contributed by atoms with E-state index in [0.29, 0.717) is 0 Å². The molecule has 3 atom stereocenters. The molecular weight excluding hydrogens is 394 g/mol. The highest BCUT2D eigenvalue weighted by Gasteiger charge is 2.52. The van der Waals surface area contributed by atoms with Crippen LogP contribution in [-0.4, -0.2) is 39.2 Å². The van der Waals surface area contributed by atoms with Gasteiger partial charge in [-0.1, -0.05) is 51.1 Å². The summed E-state index contributed by atoms with van der Waals surface area (Å²) in [6, 6.07) is 17.0. The molecule has 30 heavy (non-hydrogen) atoms. The Bertz CT molecular complexity index is 861. The molecule has 5 nitrogen and oxygen atoms in total. The van der Waals surface area contributed by atoms with Crippen molar-refractivity contribution in [2.75, 3.05) is 18.6 Å². The topological polar surface area (TPSA) is 59.0 Å². The third-order valence-electron chi connectivity index (χ3n) is 6.47. The van der Waals surface area contributed by atoms with Crippen LogP contribution in [0.3, 0.4) is 0 Å². The van der Waals surface area contributed by atoms with Crippen LogP contribution in [0.2, 0.25) is 18.1 Å². The number of amides is 1. The van der Waals surface area contributed by atoms with Crippen LogP contribution >= 0.6 is 0 Å². The minimum atomic E-state index is -2.02. The molecule has 0 radical (unpaired) electrons. The maximum Gasteiger partial charge on any atom is 0.235 e. The SMILES string of the molecule is COc1ccc([C@@H]2[C@H]([C@H](O)CO[Si](C)(C)C(C)(C)C)C(=O)N2c2ccccc2)cc1. The molecule has 1 aliphatic rings. The predicted molar refractivity (Wildman–Crippen MR) is 122 cm³/mol. The lowest BCUT2D eigenvalue weighted by molar-refractivity contribution is -0.137. The molecule has 0 bridgehead atoms. The van der Waals surface area contributed by atoms with Crippen LogP contribution in [-0.2, 0) is 9.22 Å². The lowest BCUT2D eigenvalue weighted by atomic mass is 9.78. The van der Waals surface area contributed by atoms with E-state index in [-0.39, 0.29) is 23.6 Å². The first kappa shape index (κ1) is 22.5. The Morgan fingerprint density at radius 2 is 1.67 bits per heavy atom. The van der Waals surface area contributed by atoms with Crippen LogP contribution in [0.25, 0.3) is 0 Å². The lowest BCUT2D eigenvalue weighted by Crippen LogP contribution is -2.60. The molecule has 0 unspecified atom stereocenters. The van der Waals surface area contributed by atoms with Crippen molar-refractivity contribution in [3.8, 4) is 5.75 Å². The summed E-state index contributed by atoms with van der Waals surface area (Å²) in [4.78, 5) is 14.9. The number of aliphatic hydroxyl groups excluding tert-OH is 1. The molecule has 2 aromatic rings. The van der Waals surface area contributed by atoms with E-state index in [1.54, 1.807) is 12.0 Å². The Morgan fingerprint density at radius 3 is 2.20 bits per heavy atom. The number of para-hydroxylation sites is 1. The van der Waals surface area contributed by atoms with Gasteiger partial charge in [-0.3, -0.25) is 4.79 Å². The van der Waals surface area contributed by atoms with Gasteiger partial charge in [-0.2, -0.15) is 0 Å². The van der Waals surface area contributed by atoms with E-state index in [9.17, 15) is 9.90 Å². The van der Waals surface area contributed by atoms with E-state index in [0.717, 1.165) is 17.0 Å². The zero-order valence-electron chi connectivity index (χ0n) is 18.8. The Morgan fingerprint density at radius 1 is 1.07 bits per heavy atom. The van der Waals surface area contributed by atoms with Gasteiger partial charge in [-0.05, 0) is 48.0 Å². The molecule has 3 rings (SSSR count). The Labute approximate surface area is 180 Å². The van der Waals surface area contributed by atoms with E-state index >= 15 is 0 Å². The van der Waals surface area contributed by atoms with Crippen LogP contribution in [0, 0.1) is 5.92 Å². The van der Waals surface area contributed by atoms with Crippen molar-refractivity contribution in [3.05, 3.63) is 60.2 Å². The summed E-state index contributed by atoms with van der Waals surface area (Å²) in [5.74, 6) is 0.144. The van der Waals surface area contributed by atoms with Gasteiger partial charge >= 0.3 is 0 Å². The van der Waals surface area contributed by atoms with E-state index in [1.165, 1.54) is 0 Å². The number of hydrogen-bond donors (Lipinski definition) is 1. The molecule has 1 amide bonds. The molecule has 162 valence electrons. The number of rotatable bonds is 7. The number of benzene rings is 2. The molecule has 1 heterocycles. The van der Waals surface area contributed by atoms with Gasteiger partial charge in [0.05, 0.1) is 31.8 Å². The number of hydrogen-bond acceptors (Lipinski definition) is 4. The number of carbonyl (C=O) groups is 1. The largest absolute Gasteiger partial charge is 0.497 e. The smallest absolute Gasteiger partial charge is 0.235 e. The van der Waals surface area contributed by atoms with E-state index < -0.39 is 20.3 Å². The summed E-state index contributed by atoms with van der Waals surface area (Å²) in [5.41, 5.74) is 1.80. The maximum atomic E-state index is 13.1. The van der Waals surface area contributed by atoms with Gasteiger partial charge in [0.25, 0.3) is 0 Å². The van der Waals surface area contributed by atoms with Gasteiger partial charge in [-0.15, -0.1) is 0 Å². The normalized spacial score (nSPS) is 20.6. The van der Waals surface area contributed by atoms with Gasteiger partial charge in [0, 0.05) is 5.69 Å². The number of methoxy groups -OCH3 is 1. The van der Waals surface area contributed by atoms with Crippen molar-refractivity contribution in [2.24, 2.45) is 5.92 Å². The maximum absolute atomic E-state index is 13.1. The third-order valence-corrected chi connectivity index (χ3v) is 11.0. The molecule has 1 saturated heterocycles. The van der Waals surface area contributed by atoms with Crippen molar-refractivity contribution >= 4 is 19.9 Å². The molecular formula is C24H33NO4Si. The highest BCUT2D eigenvalue weighted by molar-refractivity contribution is 6.74. The van der Waals surface area contributed by atoms with Crippen molar-refractivity contribution in [3.63, 3.8) is 0 Å². The quantitative estimate of drug-likeness (QED) is 0.510. The second-order valence-electron chi connectivity index (χ2n) is 9.43. The van der Waals surface area contributed by atoms with Crippen molar-refractivity contribution < 1.29 is 19.1 Å². The van der Waals surface area contributed by atoms with Gasteiger partial charge in [0.15, 0.2) is 8.32 Å². The average Bonchev–Trinajstić information content (AvgIpc) is 2.70. The molecule has 1 N–H and O–H groups in total. The van der Waals surface area contributed by atoms with Crippen LogP contribution in [0.4, 0.5) is 5.69 Å². The molecule has 2 aromatic carbocycles. The standard InChI is InChI=1S/C24H33NO4Si/c1-24(2,3)30(5,6)29-16-20(26)21-22(17-12-14-19(28-4)15-13-17)25(23(21)27)18-10-8-7-9-11-18/h7-15,20-22,26H,16H2,1-6H3/t20-,21+,22-/m1/s1. The second-order valence-corrected chi connectivity index (χ2v) is 14.2. The molecule has 1 fully saturated rings. The predicted octanol–water partition coefficient (Wildman–Crippen LogP) is 4.78. The lowest BCUT2D eigenvalue weighted by Gasteiger charge is -2.49. The number of β-lactam (4-membered cyclic amide) rings is 1. The van der Waals surface area contributed by atoms with Crippen molar-refractivity contribution in [1.82, 2.24) is 0 Å². The first-order valence-electron chi connectivity index (χ1n) is 10.4. The fourth-order valence-corrected chi connectivity index (χ4v) is 4.55. The number of nitrogens with zero attached hydrogens (tertiary/aromatic N) is 1. The number of aliphatic hydroxyl groups is 1. The van der Waals surface area contributed by atoms with Crippen LogP contribution in [0.15, 0.2) is 54.6 Å². The molecule has 0 spiro atoms. The van der Waals surface area contributed by atoms with Gasteiger partial charge < -0.3 is 19.2 Å². The molecule has 0 saturated carbocycles. The molecule has 0 aromatic heterocycles. The minimum Gasteiger partial charge on any atom is -0.497 e. The summed E-state index contributed by atoms with van der Waals surface area (Å²) in [6.07, 6.45) is -0.862. The first-order valence-corrected chi connectivity index (χ1v) is 13.3. The number of ether oxygens (including phenoxy) is 1. The van der Waals surface area contributed by atoms with Crippen molar-refractivity contribution in [2.45, 2.75) is 51.0 Å². The fourth-order valence-electron chi connectivity index (χ4n) is 3.53. The summed E-state index contributed by atoms with van der Waals surface area (Å²) in [6.45, 7) is 11.0. The zero-order chi connectivity index (χ0) is 22.1. The summed E-state index contributed by atoms with van der Waals surface area (Å²) >= 11 is 0. The van der Waals surface area contributed by atoms with Gasteiger partial charge in [0.1, 0.15) is 5.75 Å². The summed E-state index contributed by atoms with van der Waals surface area (Å²) in [5, 5.41) is 11.0. The Balaban J connectivity index is 1.85. The first-order chi connectivity index (χ1) is 14.1. The van der Waals surface area contributed by atoms with Gasteiger partial charge in [0.2, 0.25) is 5.91 Å². The van der Waals surface area contributed by atoms with Crippen LogP contribution in [0.1, 0.15) is 32.4 Å². The highest BCUT2D eigenvalue weighted by atomic mass is 28.4. The van der Waals surface area contributed by atoms with E-state index in [4.69, 9.17) is 9.16 Å². The van der Waals surface area contributed by atoms with Crippen LogP contribution < -0.4 is 9.64 Å². The van der Waals surface area contributed by atoms with Crippen molar-refractivity contribution in [1.29, 1.82) is 0 Å².